The molecule has 1 saturated carbocycles. The summed E-state index contributed by atoms with van der Waals surface area (Å²) in [7, 11) is 0. The highest BCUT2D eigenvalue weighted by Crippen LogP contribution is 2.34. The van der Waals surface area contributed by atoms with E-state index < -0.39 is 23.4 Å². The van der Waals surface area contributed by atoms with E-state index in [-0.39, 0.29) is 29.6 Å². The molecule has 0 aromatic carbocycles. The Labute approximate surface area is 193 Å². The number of alkyl halides is 3. The first kappa shape index (κ1) is 24.0. The first-order valence-corrected chi connectivity index (χ1v) is 11.0. The predicted octanol–water partition coefficient (Wildman–Crippen LogP) is 4.88. The number of aromatic nitrogens is 4. The molecule has 1 aliphatic rings. The zero-order chi connectivity index (χ0) is 24.6. The average molecular weight is 476 g/mol. The number of aryl methyl sites for hydroxylation is 1. The lowest BCUT2D eigenvalue weighted by atomic mass is 9.83. The molecule has 1 aliphatic carbocycles. The van der Waals surface area contributed by atoms with Crippen molar-refractivity contribution >= 4 is 5.78 Å². The Morgan fingerprint density at radius 1 is 1.09 bits per heavy atom. The van der Waals surface area contributed by atoms with E-state index in [1.807, 2.05) is 13.0 Å². The summed E-state index contributed by atoms with van der Waals surface area (Å²) in [6.45, 7) is 3.48. The van der Waals surface area contributed by atoms with Crippen molar-refractivity contribution in [2.45, 2.75) is 64.1 Å². The van der Waals surface area contributed by atoms with Crippen LogP contribution in [-0.4, -0.2) is 36.7 Å². The van der Waals surface area contributed by atoms with Crippen LogP contribution >= 0.6 is 0 Å². The largest absolute Gasteiger partial charge is 0.417 e. The van der Waals surface area contributed by atoms with Gasteiger partial charge in [-0.2, -0.15) is 18.3 Å². The number of nitrogens with zero attached hydrogens (tertiary/aromatic N) is 4. The molecule has 0 unspecified atom stereocenters. The second kappa shape index (κ2) is 9.25. The lowest BCUT2D eigenvalue weighted by Gasteiger charge is -2.26. The summed E-state index contributed by atoms with van der Waals surface area (Å²) < 4.78 is 53.7. The quantitative estimate of drug-likeness (QED) is 0.419. The van der Waals surface area contributed by atoms with Gasteiger partial charge in [0.25, 0.3) is 0 Å². The van der Waals surface area contributed by atoms with Crippen molar-refractivity contribution in [2.24, 2.45) is 0 Å². The number of hydrogen-bond acceptors (Lipinski definition) is 5. The topological polar surface area (TPSA) is 80.9 Å². The molecule has 0 spiro atoms. The first-order valence-electron chi connectivity index (χ1n) is 11.0. The maximum Gasteiger partial charge on any atom is 0.417 e. The van der Waals surface area contributed by atoms with Crippen LogP contribution < -0.4 is 0 Å². The molecule has 0 amide bonds. The van der Waals surface area contributed by atoms with Crippen LogP contribution in [0.2, 0.25) is 0 Å². The predicted molar refractivity (Wildman–Crippen MR) is 115 cm³/mol. The normalized spacial score (nSPS) is 18.8. The summed E-state index contributed by atoms with van der Waals surface area (Å²) in [6.07, 6.45) is 1.81. The van der Waals surface area contributed by atoms with Gasteiger partial charge in [-0.05, 0) is 56.7 Å². The molecule has 0 bridgehead atoms. The van der Waals surface area contributed by atoms with Crippen LogP contribution in [0.15, 0.2) is 30.7 Å². The van der Waals surface area contributed by atoms with E-state index in [4.69, 9.17) is 0 Å². The Hall–Kier alpha value is -3.14. The minimum atomic E-state index is -4.72. The number of pyridine rings is 2. The molecule has 180 valence electrons. The Morgan fingerprint density at radius 2 is 1.79 bits per heavy atom. The zero-order valence-electron chi connectivity index (χ0n) is 18.7. The van der Waals surface area contributed by atoms with Crippen molar-refractivity contribution in [2.75, 3.05) is 0 Å². The Balaban J connectivity index is 1.51. The molecule has 0 aliphatic heterocycles. The number of aliphatic hydroxyl groups is 1. The van der Waals surface area contributed by atoms with Crippen LogP contribution in [0.25, 0.3) is 5.82 Å². The van der Waals surface area contributed by atoms with Crippen molar-refractivity contribution in [3.8, 4) is 5.82 Å². The van der Waals surface area contributed by atoms with Crippen LogP contribution in [-0.2, 0) is 12.6 Å². The van der Waals surface area contributed by atoms with Crippen LogP contribution in [0.1, 0.15) is 70.0 Å². The van der Waals surface area contributed by atoms with Crippen molar-refractivity contribution < 1.29 is 27.5 Å². The zero-order valence-corrected chi connectivity index (χ0v) is 18.7. The molecule has 3 aromatic rings. The van der Waals surface area contributed by atoms with E-state index in [1.54, 1.807) is 6.20 Å². The molecule has 6 nitrogen and oxygen atoms in total. The van der Waals surface area contributed by atoms with Gasteiger partial charge in [-0.15, -0.1) is 0 Å². The molecule has 3 aromatic heterocycles. The van der Waals surface area contributed by atoms with Crippen molar-refractivity contribution in [1.82, 2.24) is 19.7 Å². The van der Waals surface area contributed by atoms with Crippen molar-refractivity contribution in [3.63, 3.8) is 0 Å². The smallest absolute Gasteiger partial charge is 0.393 e. The lowest BCUT2D eigenvalue weighted by Crippen LogP contribution is -2.18. The summed E-state index contributed by atoms with van der Waals surface area (Å²) in [5, 5.41) is 13.7. The maximum absolute atomic E-state index is 14.3. The molecule has 1 N–H and O–H groups in total. The molecule has 4 rings (SSSR count). The highest BCUT2D eigenvalue weighted by molar-refractivity contribution is 5.98. The summed E-state index contributed by atoms with van der Waals surface area (Å²) in [5.41, 5.74) is 1.98. The Morgan fingerprint density at radius 3 is 2.41 bits per heavy atom. The van der Waals surface area contributed by atoms with E-state index in [2.05, 4.69) is 15.1 Å². The molecule has 1 fully saturated rings. The number of aliphatic hydroxyl groups excluding tert-OH is 1. The molecular weight excluding hydrogens is 452 g/mol. The fraction of sp³-hybridized carbons (Fsp3) is 0.417. The Kier molecular flexibility index (Phi) is 6.53. The van der Waals surface area contributed by atoms with E-state index in [9.17, 15) is 27.5 Å². The number of ketones is 1. The maximum atomic E-state index is 14.3. The van der Waals surface area contributed by atoms with Gasteiger partial charge in [-0.3, -0.25) is 9.78 Å². The van der Waals surface area contributed by atoms with E-state index >= 15 is 0 Å². The van der Waals surface area contributed by atoms with E-state index in [0.717, 1.165) is 41.6 Å². The highest BCUT2D eigenvalue weighted by Gasteiger charge is 2.32. The molecule has 34 heavy (non-hydrogen) atoms. The van der Waals surface area contributed by atoms with Crippen LogP contribution in [0.4, 0.5) is 17.6 Å². The average Bonchev–Trinajstić information content (AvgIpc) is 3.15. The molecule has 0 saturated heterocycles. The minimum Gasteiger partial charge on any atom is -0.393 e. The first-order chi connectivity index (χ1) is 16.0. The third-order valence-corrected chi connectivity index (χ3v) is 6.28. The minimum absolute atomic E-state index is 0.0486. The number of carbonyl (C=O) groups excluding carboxylic acids is 1. The summed E-state index contributed by atoms with van der Waals surface area (Å²) in [5.74, 6) is -1.58. The number of hydrogen-bond donors (Lipinski definition) is 1. The lowest BCUT2D eigenvalue weighted by molar-refractivity contribution is -0.138. The third kappa shape index (κ3) is 4.86. The number of Topliss-reactive ketones (excluding diaryl/α,β-unsaturated/α-hetero) is 1. The second-order valence-electron chi connectivity index (χ2n) is 8.73. The summed E-state index contributed by atoms with van der Waals surface area (Å²) in [6, 6.07) is 2.27. The van der Waals surface area contributed by atoms with Crippen LogP contribution in [0.3, 0.4) is 0 Å². The van der Waals surface area contributed by atoms with E-state index in [1.165, 1.54) is 13.1 Å². The standard InChI is InChI=1S/C24H24F4N4O2/c1-13-7-15(10-29-22(13)16-3-5-18(33)6-4-16)8-21(34)19-12-31-32(14(19)2)23-20(25)9-17(11-30-23)24(26,27)28/h7,9-12,16,18,33H,3-6,8H2,1-2H3. The van der Waals surface area contributed by atoms with Gasteiger partial charge in [-0.25, -0.2) is 14.1 Å². The van der Waals surface area contributed by atoms with Gasteiger partial charge < -0.3 is 5.11 Å². The molecule has 3 heterocycles. The fourth-order valence-corrected chi connectivity index (χ4v) is 4.44. The number of rotatable bonds is 5. The van der Waals surface area contributed by atoms with Crippen LogP contribution in [0.5, 0.6) is 0 Å². The number of halogens is 4. The molecule has 0 radical (unpaired) electrons. The summed E-state index contributed by atoms with van der Waals surface area (Å²) >= 11 is 0. The van der Waals surface area contributed by atoms with Crippen molar-refractivity contribution in [1.29, 1.82) is 0 Å². The SMILES string of the molecule is Cc1cc(CC(=O)c2cnn(-c3ncc(C(F)(F)F)cc3F)c2C)cnc1C1CCC(O)CC1. The van der Waals surface area contributed by atoms with Gasteiger partial charge in [0.1, 0.15) is 0 Å². The fourth-order valence-electron chi connectivity index (χ4n) is 4.44. The second-order valence-corrected chi connectivity index (χ2v) is 8.73. The van der Waals surface area contributed by atoms with Gasteiger partial charge in [-0.1, -0.05) is 6.07 Å². The van der Waals surface area contributed by atoms with Gasteiger partial charge >= 0.3 is 6.18 Å². The summed E-state index contributed by atoms with van der Waals surface area (Å²) in [4.78, 5) is 21.1. The number of carbonyl (C=O) groups is 1. The van der Waals surface area contributed by atoms with Gasteiger partial charge in [0.15, 0.2) is 17.4 Å². The Bertz CT molecular complexity index is 1210. The van der Waals surface area contributed by atoms with Gasteiger partial charge in [0.2, 0.25) is 0 Å². The van der Waals surface area contributed by atoms with Gasteiger partial charge in [0, 0.05) is 30.4 Å². The van der Waals surface area contributed by atoms with E-state index in [0.29, 0.717) is 23.7 Å². The molecule has 10 heteroatoms. The van der Waals surface area contributed by atoms with Crippen molar-refractivity contribution in [3.05, 3.63) is 70.2 Å². The highest BCUT2D eigenvalue weighted by atomic mass is 19.4. The third-order valence-electron chi connectivity index (χ3n) is 6.28. The molecule has 0 atom stereocenters. The van der Waals surface area contributed by atoms with Gasteiger partial charge in [0.05, 0.1) is 29.1 Å². The molecular formula is C24H24F4N4O2. The monoisotopic (exact) mass is 476 g/mol. The van der Waals surface area contributed by atoms with Crippen LogP contribution in [0, 0.1) is 19.7 Å².